The SMILES string of the molecule is CCN(CC)C(=O)N1CCC(C(=O)N2CCN(C(=O)CCC3CCCCC3)CC2)CC1. The molecule has 3 aliphatic rings. The fourth-order valence-corrected chi connectivity index (χ4v) is 5.41. The van der Waals surface area contributed by atoms with Crippen LogP contribution in [-0.4, -0.2) is 89.8 Å². The molecule has 0 N–H and O–H groups in total. The summed E-state index contributed by atoms with van der Waals surface area (Å²) in [4.78, 5) is 45.7. The van der Waals surface area contributed by atoms with Gasteiger partial charge in [-0.2, -0.15) is 0 Å². The standard InChI is InChI=1S/C24H42N4O3/c1-3-25(4-2)24(31)28-14-12-21(13-15-28)23(30)27-18-16-26(17-19-27)22(29)11-10-20-8-6-5-7-9-20/h20-21H,3-19H2,1-2H3. The highest BCUT2D eigenvalue weighted by molar-refractivity contribution is 5.81. The van der Waals surface area contributed by atoms with Crippen LogP contribution < -0.4 is 0 Å². The van der Waals surface area contributed by atoms with Crippen molar-refractivity contribution < 1.29 is 14.4 Å². The van der Waals surface area contributed by atoms with Gasteiger partial charge in [0.1, 0.15) is 0 Å². The Kier molecular flexibility index (Phi) is 9.02. The lowest BCUT2D eigenvalue weighted by Gasteiger charge is -2.39. The van der Waals surface area contributed by atoms with Crippen molar-refractivity contribution in [2.45, 2.75) is 71.6 Å². The number of likely N-dealkylation sites (tertiary alicyclic amines) is 1. The molecule has 2 aliphatic heterocycles. The Balaban J connectivity index is 1.37. The van der Waals surface area contributed by atoms with Crippen molar-refractivity contribution in [3.63, 3.8) is 0 Å². The number of nitrogens with zero attached hydrogens (tertiary/aromatic N) is 4. The molecule has 0 spiro atoms. The third kappa shape index (κ3) is 6.36. The quantitative estimate of drug-likeness (QED) is 0.645. The van der Waals surface area contributed by atoms with E-state index in [-0.39, 0.29) is 23.8 Å². The minimum Gasteiger partial charge on any atom is -0.339 e. The van der Waals surface area contributed by atoms with E-state index in [0.717, 1.165) is 38.3 Å². The second-order valence-corrected chi connectivity index (χ2v) is 9.46. The normalized spacial score (nSPS) is 21.3. The molecule has 3 rings (SSSR count). The number of hydrogen-bond acceptors (Lipinski definition) is 3. The molecular formula is C24H42N4O3. The number of hydrogen-bond donors (Lipinski definition) is 0. The van der Waals surface area contributed by atoms with Gasteiger partial charge in [0.15, 0.2) is 0 Å². The lowest BCUT2D eigenvalue weighted by Crippen LogP contribution is -2.53. The van der Waals surface area contributed by atoms with Crippen molar-refractivity contribution in [3.05, 3.63) is 0 Å². The predicted molar refractivity (Wildman–Crippen MR) is 122 cm³/mol. The minimum atomic E-state index is 0.00862. The molecule has 0 bridgehead atoms. The first kappa shape index (κ1) is 23.9. The highest BCUT2D eigenvalue weighted by Crippen LogP contribution is 2.27. The summed E-state index contributed by atoms with van der Waals surface area (Å²) < 4.78 is 0. The summed E-state index contributed by atoms with van der Waals surface area (Å²) in [5.41, 5.74) is 0. The lowest BCUT2D eigenvalue weighted by atomic mass is 9.86. The van der Waals surface area contributed by atoms with E-state index in [4.69, 9.17) is 0 Å². The number of piperidine rings is 1. The summed E-state index contributed by atoms with van der Waals surface area (Å²) in [5, 5.41) is 0. The van der Waals surface area contributed by atoms with Crippen LogP contribution in [0.2, 0.25) is 0 Å². The van der Waals surface area contributed by atoms with Gasteiger partial charge in [0.2, 0.25) is 11.8 Å². The highest BCUT2D eigenvalue weighted by atomic mass is 16.2. The molecule has 176 valence electrons. The fraction of sp³-hybridized carbons (Fsp3) is 0.875. The smallest absolute Gasteiger partial charge is 0.319 e. The molecule has 0 aromatic carbocycles. The summed E-state index contributed by atoms with van der Waals surface area (Å²) in [6.07, 6.45) is 9.75. The molecule has 0 unspecified atom stereocenters. The summed E-state index contributed by atoms with van der Waals surface area (Å²) in [6.45, 7) is 9.37. The van der Waals surface area contributed by atoms with Gasteiger partial charge in [-0.3, -0.25) is 9.59 Å². The van der Waals surface area contributed by atoms with Crippen LogP contribution in [0.3, 0.4) is 0 Å². The number of piperazine rings is 1. The van der Waals surface area contributed by atoms with E-state index in [1.165, 1.54) is 32.1 Å². The molecule has 2 saturated heterocycles. The third-order valence-electron chi connectivity index (χ3n) is 7.58. The molecule has 7 heteroatoms. The van der Waals surface area contributed by atoms with Crippen LogP contribution in [0.15, 0.2) is 0 Å². The van der Waals surface area contributed by atoms with E-state index in [0.29, 0.717) is 45.7 Å². The van der Waals surface area contributed by atoms with Crippen LogP contribution in [0.1, 0.15) is 71.6 Å². The molecule has 3 fully saturated rings. The van der Waals surface area contributed by atoms with Gasteiger partial charge in [0.25, 0.3) is 0 Å². The first-order chi connectivity index (χ1) is 15.0. The van der Waals surface area contributed by atoms with Gasteiger partial charge in [0, 0.05) is 64.7 Å². The number of urea groups is 1. The van der Waals surface area contributed by atoms with Gasteiger partial charge in [-0.15, -0.1) is 0 Å². The second kappa shape index (κ2) is 11.7. The van der Waals surface area contributed by atoms with E-state index < -0.39 is 0 Å². The van der Waals surface area contributed by atoms with Crippen molar-refractivity contribution in [1.82, 2.24) is 19.6 Å². The predicted octanol–water partition coefficient (Wildman–Crippen LogP) is 3.19. The van der Waals surface area contributed by atoms with E-state index in [1.807, 2.05) is 33.4 Å². The van der Waals surface area contributed by atoms with Crippen LogP contribution in [0.25, 0.3) is 0 Å². The number of carbonyl (C=O) groups is 3. The molecule has 4 amide bonds. The molecule has 0 aromatic rings. The highest BCUT2D eigenvalue weighted by Gasteiger charge is 2.33. The first-order valence-corrected chi connectivity index (χ1v) is 12.6. The Labute approximate surface area is 188 Å². The zero-order valence-electron chi connectivity index (χ0n) is 19.7. The lowest BCUT2D eigenvalue weighted by molar-refractivity contribution is -0.143. The molecule has 0 aromatic heterocycles. The summed E-state index contributed by atoms with van der Waals surface area (Å²) in [6, 6.07) is 0.0938. The van der Waals surface area contributed by atoms with Crippen molar-refractivity contribution in [1.29, 1.82) is 0 Å². The zero-order valence-corrected chi connectivity index (χ0v) is 19.7. The van der Waals surface area contributed by atoms with Crippen molar-refractivity contribution in [2.75, 3.05) is 52.4 Å². The number of carbonyl (C=O) groups excluding carboxylic acids is 3. The van der Waals surface area contributed by atoms with Crippen LogP contribution in [0.5, 0.6) is 0 Å². The van der Waals surface area contributed by atoms with E-state index >= 15 is 0 Å². The topological polar surface area (TPSA) is 64.2 Å². The monoisotopic (exact) mass is 434 g/mol. The molecule has 1 aliphatic carbocycles. The van der Waals surface area contributed by atoms with Crippen molar-refractivity contribution in [2.24, 2.45) is 11.8 Å². The molecule has 0 atom stereocenters. The molecule has 7 nitrogen and oxygen atoms in total. The Bertz CT molecular complexity index is 600. The van der Waals surface area contributed by atoms with Crippen LogP contribution >= 0.6 is 0 Å². The maximum absolute atomic E-state index is 13.0. The maximum Gasteiger partial charge on any atom is 0.319 e. The van der Waals surface area contributed by atoms with Crippen LogP contribution in [-0.2, 0) is 9.59 Å². The van der Waals surface area contributed by atoms with Crippen molar-refractivity contribution in [3.8, 4) is 0 Å². The summed E-state index contributed by atoms with van der Waals surface area (Å²) >= 11 is 0. The molecule has 2 heterocycles. The van der Waals surface area contributed by atoms with Gasteiger partial charge in [0.05, 0.1) is 0 Å². The molecule has 0 radical (unpaired) electrons. The van der Waals surface area contributed by atoms with Gasteiger partial charge in [-0.1, -0.05) is 32.1 Å². The average Bonchev–Trinajstić information content (AvgIpc) is 2.83. The van der Waals surface area contributed by atoms with Gasteiger partial charge in [-0.25, -0.2) is 4.79 Å². The van der Waals surface area contributed by atoms with Gasteiger partial charge < -0.3 is 19.6 Å². The van der Waals surface area contributed by atoms with E-state index in [9.17, 15) is 14.4 Å². The number of rotatable bonds is 6. The van der Waals surface area contributed by atoms with Gasteiger partial charge in [-0.05, 0) is 39.0 Å². The van der Waals surface area contributed by atoms with Crippen LogP contribution in [0.4, 0.5) is 4.79 Å². The third-order valence-corrected chi connectivity index (χ3v) is 7.58. The first-order valence-electron chi connectivity index (χ1n) is 12.6. The van der Waals surface area contributed by atoms with E-state index in [2.05, 4.69) is 0 Å². The van der Waals surface area contributed by atoms with Crippen molar-refractivity contribution >= 4 is 17.8 Å². The largest absolute Gasteiger partial charge is 0.339 e. The minimum absolute atomic E-state index is 0.00862. The Morgan fingerprint density at radius 1 is 0.742 bits per heavy atom. The average molecular weight is 435 g/mol. The Morgan fingerprint density at radius 3 is 1.90 bits per heavy atom. The molecule has 31 heavy (non-hydrogen) atoms. The Morgan fingerprint density at radius 2 is 1.32 bits per heavy atom. The van der Waals surface area contributed by atoms with E-state index in [1.54, 1.807) is 0 Å². The molecular weight excluding hydrogens is 392 g/mol. The summed E-state index contributed by atoms with van der Waals surface area (Å²) in [7, 11) is 0. The van der Waals surface area contributed by atoms with Gasteiger partial charge >= 0.3 is 6.03 Å². The maximum atomic E-state index is 13.0. The number of amides is 4. The zero-order chi connectivity index (χ0) is 22.2. The summed E-state index contributed by atoms with van der Waals surface area (Å²) in [5.74, 6) is 1.22. The molecule has 1 saturated carbocycles. The van der Waals surface area contributed by atoms with Crippen LogP contribution in [0, 0.1) is 11.8 Å². The Hall–Kier alpha value is -1.79. The fourth-order valence-electron chi connectivity index (χ4n) is 5.41. The second-order valence-electron chi connectivity index (χ2n) is 9.46.